The maximum Gasteiger partial charge on any atom is 0.262 e. The molecule has 1 amide bonds. The molecule has 1 fully saturated rings. The van der Waals surface area contributed by atoms with E-state index in [1.54, 1.807) is 33.9 Å². The van der Waals surface area contributed by atoms with E-state index in [2.05, 4.69) is 32.3 Å². The van der Waals surface area contributed by atoms with Gasteiger partial charge in [0.1, 0.15) is 11.4 Å². The Morgan fingerprint density at radius 1 is 1.16 bits per heavy atom. The summed E-state index contributed by atoms with van der Waals surface area (Å²) in [5, 5.41) is 12.1. The second-order valence-corrected chi connectivity index (χ2v) is 8.04. The van der Waals surface area contributed by atoms with Crippen molar-refractivity contribution in [1.82, 2.24) is 34.3 Å². The van der Waals surface area contributed by atoms with Gasteiger partial charge in [0.05, 0.1) is 11.9 Å². The smallest absolute Gasteiger partial charge is 0.262 e. The minimum absolute atomic E-state index is 0.281. The van der Waals surface area contributed by atoms with Gasteiger partial charge in [-0.1, -0.05) is 6.07 Å². The fraction of sp³-hybridized carbons (Fsp3) is 0.318. The van der Waals surface area contributed by atoms with Crippen molar-refractivity contribution in [2.45, 2.75) is 25.7 Å². The van der Waals surface area contributed by atoms with Crippen LogP contribution in [0, 0.1) is 6.92 Å². The molecule has 1 aliphatic heterocycles. The number of nitrogens with zero attached hydrogens (tertiary/aromatic N) is 7. The van der Waals surface area contributed by atoms with E-state index in [1.165, 1.54) is 6.20 Å². The number of amides is 1. The van der Waals surface area contributed by atoms with E-state index in [-0.39, 0.29) is 5.91 Å². The van der Waals surface area contributed by atoms with Gasteiger partial charge >= 0.3 is 0 Å². The molecule has 1 aliphatic rings. The minimum Gasteiger partial charge on any atom is -0.306 e. The highest BCUT2D eigenvalue weighted by molar-refractivity contribution is 6.07. The van der Waals surface area contributed by atoms with Gasteiger partial charge in [0, 0.05) is 30.6 Å². The summed E-state index contributed by atoms with van der Waals surface area (Å²) < 4.78 is 3.29. The molecule has 0 atom stereocenters. The number of rotatable bonds is 4. The maximum absolute atomic E-state index is 13.1. The highest BCUT2D eigenvalue weighted by atomic mass is 16.1. The zero-order valence-electron chi connectivity index (χ0n) is 17.6. The van der Waals surface area contributed by atoms with Gasteiger partial charge in [-0.05, 0) is 57.6 Å². The molecular weight excluding hydrogens is 392 g/mol. The summed E-state index contributed by atoms with van der Waals surface area (Å²) in [7, 11) is 2.14. The van der Waals surface area contributed by atoms with Crippen molar-refractivity contribution in [3.05, 3.63) is 65.9 Å². The maximum atomic E-state index is 13.1. The molecule has 0 aromatic carbocycles. The molecule has 1 saturated heterocycles. The molecule has 0 unspecified atom stereocenters. The molecule has 5 heterocycles. The van der Waals surface area contributed by atoms with Gasteiger partial charge in [0.25, 0.3) is 5.91 Å². The van der Waals surface area contributed by atoms with Crippen LogP contribution in [0.15, 0.2) is 49.1 Å². The highest BCUT2D eigenvalue weighted by Gasteiger charge is 2.24. The van der Waals surface area contributed by atoms with Crippen LogP contribution in [0.2, 0.25) is 0 Å². The molecule has 0 spiro atoms. The van der Waals surface area contributed by atoms with Crippen LogP contribution in [0.5, 0.6) is 0 Å². The monoisotopic (exact) mass is 416 g/mol. The zero-order valence-corrected chi connectivity index (χ0v) is 17.6. The van der Waals surface area contributed by atoms with Crippen molar-refractivity contribution in [3.8, 4) is 5.82 Å². The summed E-state index contributed by atoms with van der Waals surface area (Å²) in [6.07, 6.45) is 8.82. The Labute approximate surface area is 179 Å². The number of fused-ring (bicyclic) bond motifs is 1. The second-order valence-electron chi connectivity index (χ2n) is 8.04. The Hall–Kier alpha value is -3.59. The predicted octanol–water partition coefficient (Wildman–Crippen LogP) is 2.68. The first-order chi connectivity index (χ1) is 15.1. The molecule has 9 nitrogen and oxygen atoms in total. The van der Waals surface area contributed by atoms with Crippen LogP contribution in [-0.4, -0.2) is 60.3 Å². The van der Waals surface area contributed by atoms with Crippen LogP contribution in [0.25, 0.3) is 11.5 Å². The number of carbonyl (C=O) groups excluding carboxylic acids is 1. The molecule has 0 saturated carbocycles. The number of aromatic nitrogens is 6. The number of hydrogen-bond donors (Lipinski definition) is 1. The predicted molar refractivity (Wildman–Crippen MR) is 117 cm³/mol. The molecular formula is C22H24N8O. The third-order valence-electron chi connectivity index (χ3n) is 5.74. The number of anilines is 1. The number of piperidine rings is 1. The van der Waals surface area contributed by atoms with Crippen LogP contribution in [0.1, 0.15) is 40.4 Å². The summed E-state index contributed by atoms with van der Waals surface area (Å²) in [6.45, 7) is 4.07. The van der Waals surface area contributed by atoms with E-state index in [1.807, 2.05) is 25.1 Å². The topological polar surface area (TPSA) is 93.2 Å². The molecule has 4 aromatic rings. The first-order valence-electron chi connectivity index (χ1n) is 10.4. The number of nitrogens with one attached hydrogen (secondary N) is 1. The number of likely N-dealkylation sites (tertiary alicyclic amines) is 1. The molecule has 0 bridgehead atoms. The van der Waals surface area contributed by atoms with E-state index in [0.29, 0.717) is 28.8 Å². The molecule has 9 heteroatoms. The summed E-state index contributed by atoms with van der Waals surface area (Å²) >= 11 is 0. The van der Waals surface area contributed by atoms with E-state index in [0.717, 1.165) is 37.2 Å². The lowest BCUT2D eigenvalue weighted by atomic mass is 9.94. The van der Waals surface area contributed by atoms with Crippen LogP contribution < -0.4 is 5.32 Å². The number of hydrogen-bond acceptors (Lipinski definition) is 6. The first kappa shape index (κ1) is 19.4. The summed E-state index contributed by atoms with van der Waals surface area (Å²) in [4.78, 5) is 24.2. The number of pyridine rings is 1. The minimum atomic E-state index is -0.281. The fourth-order valence-electron chi connectivity index (χ4n) is 3.92. The van der Waals surface area contributed by atoms with E-state index < -0.39 is 0 Å². The normalized spacial score (nSPS) is 15.4. The lowest BCUT2D eigenvalue weighted by Gasteiger charge is -2.27. The molecule has 158 valence electrons. The molecule has 31 heavy (non-hydrogen) atoms. The van der Waals surface area contributed by atoms with Crippen LogP contribution in [0.3, 0.4) is 0 Å². The van der Waals surface area contributed by atoms with Gasteiger partial charge in [0.2, 0.25) is 0 Å². The van der Waals surface area contributed by atoms with Crippen molar-refractivity contribution < 1.29 is 4.79 Å². The number of carbonyl (C=O) groups is 1. The van der Waals surface area contributed by atoms with Crippen molar-refractivity contribution in [1.29, 1.82) is 0 Å². The third-order valence-corrected chi connectivity index (χ3v) is 5.74. The van der Waals surface area contributed by atoms with Crippen molar-refractivity contribution in [2.75, 3.05) is 25.5 Å². The van der Waals surface area contributed by atoms with Crippen molar-refractivity contribution in [3.63, 3.8) is 0 Å². The van der Waals surface area contributed by atoms with Gasteiger partial charge in [-0.3, -0.25) is 4.79 Å². The third kappa shape index (κ3) is 3.79. The molecule has 1 N–H and O–H groups in total. The van der Waals surface area contributed by atoms with E-state index in [4.69, 9.17) is 5.10 Å². The quantitative estimate of drug-likeness (QED) is 0.550. The van der Waals surface area contributed by atoms with Gasteiger partial charge in [-0.2, -0.15) is 14.9 Å². The largest absolute Gasteiger partial charge is 0.306 e. The van der Waals surface area contributed by atoms with Gasteiger partial charge in [-0.25, -0.2) is 14.5 Å². The molecule has 4 aromatic heterocycles. The van der Waals surface area contributed by atoms with Crippen LogP contribution in [-0.2, 0) is 0 Å². The molecule has 5 rings (SSSR count). The SMILES string of the molecule is Cc1ccc(-n2nc(C3CCN(C)CC3)cc2NC(=O)c2cnn3cccnc23)nc1. The summed E-state index contributed by atoms with van der Waals surface area (Å²) in [5.41, 5.74) is 2.96. The van der Waals surface area contributed by atoms with Crippen molar-refractivity contribution >= 4 is 17.4 Å². The van der Waals surface area contributed by atoms with Gasteiger partial charge in [0.15, 0.2) is 11.5 Å². The van der Waals surface area contributed by atoms with Crippen molar-refractivity contribution in [2.24, 2.45) is 0 Å². The molecule has 0 radical (unpaired) electrons. The first-order valence-corrected chi connectivity index (χ1v) is 10.4. The fourth-order valence-corrected chi connectivity index (χ4v) is 3.92. The van der Waals surface area contributed by atoms with E-state index in [9.17, 15) is 4.79 Å². The average molecular weight is 416 g/mol. The summed E-state index contributed by atoms with van der Waals surface area (Å²) in [6, 6.07) is 7.63. The Balaban J connectivity index is 1.50. The summed E-state index contributed by atoms with van der Waals surface area (Å²) in [5.74, 6) is 1.33. The van der Waals surface area contributed by atoms with Gasteiger partial charge in [-0.15, -0.1) is 0 Å². The van der Waals surface area contributed by atoms with Gasteiger partial charge < -0.3 is 10.2 Å². The lowest BCUT2D eigenvalue weighted by molar-refractivity contribution is 0.102. The van der Waals surface area contributed by atoms with Crippen LogP contribution in [0.4, 0.5) is 5.82 Å². The Bertz CT molecular complexity index is 1220. The Morgan fingerprint density at radius 2 is 2.00 bits per heavy atom. The Morgan fingerprint density at radius 3 is 2.77 bits per heavy atom. The Kier molecular flexibility index (Phi) is 4.95. The standard InChI is InChI=1S/C22H24N8O/c1-15-4-5-19(24-13-15)30-20(12-18(27-30)16-6-10-28(2)11-7-16)26-22(31)17-14-25-29-9-3-8-23-21(17)29/h3-5,8-9,12-14,16H,6-7,10-11H2,1-2H3,(H,26,31). The van der Waals surface area contributed by atoms with E-state index >= 15 is 0 Å². The zero-order chi connectivity index (χ0) is 21.4. The highest BCUT2D eigenvalue weighted by Crippen LogP contribution is 2.29. The lowest BCUT2D eigenvalue weighted by Crippen LogP contribution is -2.29. The molecule has 0 aliphatic carbocycles. The average Bonchev–Trinajstić information content (AvgIpc) is 3.39. The second kappa shape index (κ2) is 7.92. The van der Waals surface area contributed by atoms with Crippen LogP contribution >= 0.6 is 0 Å². The number of aryl methyl sites for hydroxylation is 1.